The Kier molecular flexibility index (Phi) is 4.95. The van der Waals surface area contributed by atoms with Crippen LogP contribution in [0.1, 0.15) is 12.5 Å². The van der Waals surface area contributed by atoms with Crippen molar-refractivity contribution in [2.24, 2.45) is 0 Å². The third kappa shape index (κ3) is 3.19. The van der Waals surface area contributed by atoms with Crippen LogP contribution in [0.25, 0.3) is 22.1 Å². The van der Waals surface area contributed by atoms with Crippen molar-refractivity contribution in [2.45, 2.75) is 6.92 Å². The van der Waals surface area contributed by atoms with E-state index in [4.69, 9.17) is 27.5 Å². The van der Waals surface area contributed by atoms with Gasteiger partial charge in [-0.2, -0.15) is 0 Å². The summed E-state index contributed by atoms with van der Waals surface area (Å²) in [6.45, 7) is 2.39. The number of imidazole rings is 1. The summed E-state index contributed by atoms with van der Waals surface area (Å²) in [6, 6.07) is 11.1. The molecular formula is C21H15ClN2O3S. The van der Waals surface area contributed by atoms with Gasteiger partial charge in [-0.05, 0) is 42.8 Å². The van der Waals surface area contributed by atoms with Gasteiger partial charge in [0.25, 0.3) is 5.56 Å². The zero-order chi connectivity index (χ0) is 19.7. The molecule has 0 unspecified atom stereocenters. The number of thiazole rings is 1. The van der Waals surface area contributed by atoms with Crippen molar-refractivity contribution in [2.75, 3.05) is 13.2 Å². The Morgan fingerprint density at radius 2 is 2.14 bits per heavy atom. The first kappa shape index (κ1) is 18.4. The van der Waals surface area contributed by atoms with Gasteiger partial charge in [-0.3, -0.25) is 4.79 Å². The molecule has 7 heteroatoms. The van der Waals surface area contributed by atoms with Gasteiger partial charge >= 0.3 is 0 Å². The molecule has 0 atom stereocenters. The van der Waals surface area contributed by atoms with Crippen molar-refractivity contribution < 1.29 is 9.47 Å². The number of rotatable bonds is 5. The number of terminal acetylenes is 1. The first-order chi connectivity index (χ1) is 13.6. The van der Waals surface area contributed by atoms with Crippen molar-refractivity contribution >= 4 is 45.0 Å². The van der Waals surface area contributed by atoms with Crippen LogP contribution in [0.3, 0.4) is 0 Å². The maximum atomic E-state index is 12.9. The lowest BCUT2D eigenvalue weighted by Crippen LogP contribution is -2.22. The molecule has 140 valence electrons. The number of hydrogen-bond acceptors (Lipinski definition) is 5. The average Bonchev–Trinajstić information content (AvgIpc) is 3.18. The molecule has 2 aromatic heterocycles. The zero-order valence-electron chi connectivity index (χ0n) is 14.9. The molecule has 0 aliphatic rings. The van der Waals surface area contributed by atoms with E-state index in [1.165, 1.54) is 11.3 Å². The van der Waals surface area contributed by atoms with E-state index in [1.54, 1.807) is 22.6 Å². The van der Waals surface area contributed by atoms with Crippen LogP contribution < -0.4 is 19.6 Å². The minimum absolute atomic E-state index is 0.0861. The number of nitrogens with zero attached hydrogens (tertiary/aromatic N) is 2. The van der Waals surface area contributed by atoms with Gasteiger partial charge < -0.3 is 9.47 Å². The fourth-order valence-corrected chi connectivity index (χ4v) is 4.21. The highest BCUT2D eigenvalue weighted by atomic mass is 35.5. The molecule has 0 aliphatic heterocycles. The van der Waals surface area contributed by atoms with Crippen LogP contribution in [-0.2, 0) is 0 Å². The summed E-state index contributed by atoms with van der Waals surface area (Å²) in [5, 5.41) is 0.367. The van der Waals surface area contributed by atoms with Gasteiger partial charge in [0, 0.05) is 0 Å². The summed E-state index contributed by atoms with van der Waals surface area (Å²) in [5.74, 6) is 3.29. The quantitative estimate of drug-likeness (QED) is 0.472. The molecule has 0 aliphatic carbocycles. The molecule has 0 bridgehead atoms. The number of hydrogen-bond donors (Lipinski definition) is 0. The molecule has 0 radical (unpaired) electrons. The van der Waals surface area contributed by atoms with Crippen molar-refractivity contribution in [3.63, 3.8) is 0 Å². The molecule has 4 aromatic rings. The topological polar surface area (TPSA) is 52.8 Å². The van der Waals surface area contributed by atoms with E-state index >= 15 is 0 Å². The molecular weight excluding hydrogens is 396 g/mol. The second-order valence-electron chi connectivity index (χ2n) is 5.89. The van der Waals surface area contributed by atoms with Crippen LogP contribution in [-0.4, -0.2) is 22.6 Å². The molecule has 4 rings (SSSR count). The Bertz CT molecular complexity index is 1330. The average molecular weight is 411 g/mol. The number of ether oxygens (including phenoxy) is 2. The minimum atomic E-state index is -0.115. The second kappa shape index (κ2) is 7.55. The summed E-state index contributed by atoms with van der Waals surface area (Å²) in [5.41, 5.74) is 2.21. The fraction of sp³-hybridized carbons (Fsp3) is 0.143. The predicted octanol–water partition coefficient (Wildman–Crippen LogP) is 3.52. The van der Waals surface area contributed by atoms with E-state index in [1.807, 2.05) is 31.2 Å². The Balaban J connectivity index is 1.85. The summed E-state index contributed by atoms with van der Waals surface area (Å²) in [7, 11) is 0. The summed E-state index contributed by atoms with van der Waals surface area (Å²) >= 11 is 7.69. The molecule has 5 nitrogen and oxygen atoms in total. The van der Waals surface area contributed by atoms with Crippen LogP contribution in [0, 0.1) is 12.3 Å². The third-order valence-electron chi connectivity index (χ3n) is 4.07. The van der Waals surface area contributed by atoms with Gasteiger partial charge in [0.05, 0.1) is 27.2 Å². The number of benzene rings is 2. The number of aromatic nitrogens is 2. The second-order valence-corrected chi connectivity index (χ2v) is 7.31. The molecule has 0 amide bonds. The highest BCUT2D eigenvalue weighted by Gasteiger charge is 2.14. The lowest BCUT2D eigenvalue weighted by molar-refractivity contribution is 0.299. The Morgan fingerprint density at radius 1 is 1.32 bits per heavy atom. The molecule has 0 fully saturated rings. The van der Waals surface area contributed by atoms with E-state index in [0.29, 0.717) is 32.6 Å². The first-order valence-electron chi connectivity index (χ1n) is 8.56. The van der Waals surface area contributed by atoms with Gasteiger partial charge in [0.2, 0.25) is 0 Å². The molecule has 0 saturated heterocycles. The Hall–Kier alpha value is -3.01. The third-order valence-corrected chi connectivity index (χ3v) is 5.32. The van der Waals surface area contributed by atoms with Crippen LogP contribution in [0.4, 0.5) is 0 Å². The SMILES string of the molecule is C#CCOc1c(Cl)cc(C=c2sc3nc4ccccc4n3c2=O)cc1OCC. The van der Waals surface area contributed by atoms with E-state index in [2.05, 4.69) is 10.9 Å². The van der Waals surface area contributed by atoms with Gasteiger partial charge in [-0.25, -0.2) is 9.38 Å². The van der Waals surface area contributed by atoms with Crippen molar-refractivity contribution in [1.82, 2.24) is 9.38 Å². The smallest absolute Gasteiger partial charge is 0.274 e. The molecule has 0 saturated carbocycles. The fourth-order valence-electron chi connectivity index (χ4n) is 2.95. The summed E-state index contributed by atoms with van der Waals surface area (Å²) in [6.07, 6.45) is 7.03. The van der Waals surface area contributed by atoms with E-state index < -0.39 is 0 Å². The normalized spacial score (nSPS) is 11.8. The molecule has 28 heavy (non-hydrogen) atoms. The summed E-state index contributed by atoms with van der Waals surface area (Å²) in [4.78, 5) is 18.1. The first-order valence-corrected chi connectivity index (χ1v) is 9.76. The number of halogens is 1. The highest BCUT2D eigenvalue weighted by molar-refractivity contribution is 7.15. The van der Waals surface area contributed by atoms with Crippen LogP contribution >= 0.6 is 22.9 Å². The highest BCUT2D eigenvalue weighted by Crippen LogP contribution is 2.37. The maximum Gasteiger partial charge on any atom is 0.274 e. The number of para-hydroxylation sites is 2. The van der Waals surface area contributed by atoms with Crippen LogP contribution in [0.5, 0.6) is 11.5 Å². The van der Waals surface area contributed by atoms with Crippen LogP contribution in [0.15, 0.2) is 41.2 Å². The van der Waals surface area contributed by atoms with Gasteiger partial charge in [-0.1, -0.05) is 41.0 Å². The van der Waals surface area contributed by atoms with Gasteiger partial charge in [0.1, 0.15) is 6.61 Å². The molecule has 0 N–H and O–H groups in total. The Morgan fingerprint density at radius 3 is 2.93 bits per heavy atom. The van der Waals surface area contributed by atoms with Gasteiger partial charge in [-0.15, -0.1) is 6.42 Å². The molecule has 0 spiro atoms. The Labute approximate surface area is 169 Å². The standard InChI is InChI=1S/C21H15ClN2O3S/c1-3-9-27-19-14(22)10-13(11-17(19)26-4-2)12-18-20(25)24-16-8-6-5-7-15(16)23-21(24)28-18/h1,5-8,10-12H,4,9H2,2H3. The summed E-state index contributed by atoms with van der Waals surface area (Å²) < 4.78 is 13.3. The van der Waals surface area contributed by atoms with Crippen molar-refractivity contribution in [3.05, 3.63) is 61.9 Å². The van der Waals surface area contributed by atoms with E-state index in [0.717, 1.165) is 16.6 Å². The van der Waals surface area contributed by atoms with E-state index in [-0.39, 0.29) is 12.2 Å². The molecule has 2 heterocycles. The predicted molar refractivity (Wildman–Crippen MR) is 113 cm³/mol. The maximum absolute atomic E-state index is 12.9. The molecule has 2 aromatic carbocycles. The zero-order valence-corrected chi connectivity index (χ0v) is 16.5. The van der Waals surface area contributed by atoms with Crippen molar-refractivity contribution in [1.29, 1.82) is 0 Å². The van der Waals surface area contributed by atoms with E-state index in [9.17, 15) is 4.79 Å². The van der Waals surface area contributed by atoms with Crippen molar-refractivity contribution in [3.8, 4) is 23.8 Å². The number of fused-ring (bicyclic) bond motifs is 3. The largest absolute Gasteiger partial charge is 0.490 e. The lowest BCUT2D eigenvalue weighted by atomic mass is 10.2. The van der Waals surface area contributed by atoms with Gasteiger partial charge in [0.15, 0.2) is 16.5 Å². The lowest BCUT2D eigenvalue weighted by Gasteiger charge is -2.12. The monoisotopic (exact) mass is 410 g/mol. The van der Waals surface area contributed by atoms with Crippen LogP contribution in [0.2, 0.25) is 5.02 Å². The minimum Gasteiger partial charge on any atom is -0.490 e.